The molecule has 2 N–H and O–H groups in total. The third-order valence-electron chi connectivity index (χ3n) is 3.02. The minimum absolute atomic E-state index is 0.267. The van der Waals surface area contributed by atoms with Crippen LogP contribution >= 0.6 is 31.9 Å². The molecule has 0 amide bonds. The number of halogens is 3. The first-order valence-corrected chi connectivity index (χ1v) is 7.61. The van der Waals surface area contributed by atoms with E-state index in [9.17, 15) is 4.39 Å². The first-order chi connectivity index (χ1) is 10.1. The summed E-state index contributed by atoms with van der Waals surface area (Å²) in [5.41, 5.74) is 8.12. The number of nitrogens with zero attached hydrogens (tertiary/aromatic N) is 1. The maximum Gasteiger partial charge on any atom is 0.178 e. The molecule has 3 aromatic rings. The molecule has 0 unspecified atom stereocenters. The second kappa shape index (κ2) is 5.61. The minimum Gasteiger partial charge on any atom is -0.380 e. The Bertz CT molecular complexity index is 800. The lowest BCUT2D eigenvalue weighted by Gasteiger charge is -2.05. The van der Waals surface area contributed by atoms with E-state index in [1.807, 2.05) is 18.2 Å². The van der Waals surface area contributed by atoms with Crippen molar-refractivity contribution in [2.45, 2.75) is 0 Å². The summed E-state index contributed by atoms with van der Waals surface area (Å²) >= 11 is 6.91. The number of anilines is 1. The topological polar surface area (TPSA) is 52.0 Å². The van der Waals surface area contributed by atoms with Crippen molar-refractivity contribution in [2.24, 2.45) is 0 Å². The molecule has 21 heavy (non-hydrogen) atoms. The Hall–Kier alpha value is -1.66. The minimum atomic E-state index is -0.307. The Morgan fingerprint density at radius 1 is 1.05 bits per heavy atom. The van der Waals surface area contributed by atoms with Crippen LogP contribution in [0.25, 0.3) is 22.5 Å². The Morgan fingerprint density at radius 3 is 2.48 bits per heavy atom. The SMILES string of the molecule is Nc1noc(-c2cc(Br)ccc2Br)c1-c1ccc(F)cc1. The first kappa shape index (κ1) is 14.3. The third-order valence-corrected chi connectivity index (χ3v) is 4.21. The molecule has 0 aliphatic rings. The lowest BCUT2D eigenvalue weighted by molar-refractivity contribution is 0.436. The Morgan fingerprint density at radius 2 is 1.76 bits per heavy atom. The maximum absolute atomic E-state index is 13.1. The molecule has 3 nitrogen and oxygen atoms in total. The second-order valence-electron chi connectivity index (χ2n) is 4.40. The van der Waals surface area contributed by atoms with Gasteiger partial charge in [-0.2, -0.15) is 0 Å². The highest BCUT2D eigenvalue weighted by atomic mass is 79.9. The molecule has 0 bridgehead atoms. The van der Waals surface area contributed by atoms with Gasteiger partial charge in [0.1, 0.15) is 5.82 Å². The molecule has 2 aromatic carbocycles. The highest BCUT2D eigenvalue weighted by Gasteiger charge is 2.19. The summed E-state index contributed by atoms with van der Waals surface area (Å²) in [5, 5.41) is 3.84. The van der Waals surface area contributed by atoms with Crippen molar-refractivity contribution in [1.82, 2.24) is 5.16 Å². The van der Waals surface area contributed by atoms with Crippen LogP contribution in [0, 0.1) is 5.82 Å². The van der Waals surface area contributed by atoms with Crippen molar-refractivity contribution in [2.75, 3.05) is 5.73 Å². The first-order valence-electron chi connectivity index (χ1n) is 6.03. The molecule has 0 saturated carbocycles. The van der Waals surface area contributed by atoms with Crippen LogP contribution in [-0.4, -0.2) is 5.16 Å². The number of nitrogens with two attached hydrogens (primary N) is 1. The van der Waals surface area contributed by atoms with Gasteiger partial charge in [-0.25, -0.2) is 4.39 Å². The van der Waals surface area contributed by atoms with E-state index in [4.69, 9.17) is 10.3 Å². The molecule has 1 aromatic heterocycles. The molecular formula is C15H9Br2FN2O. The molecule has 0 atom stereocenters. The van der Waals surface area contributed by atoms with Gasteiger partial charge in [0.25, 0.3) is 0 Å². The van der Waals surface area contributed by atoms with Gasteiger partial charge in [0.05, 0.1) is 5.56 Å². The number of hydrogen-bond donors (Lipinski definition) is 1. The summed E-state index contributed by atoms with van der Waals surface area (Å²) < 4.78 is 20.2. The van der Waals surface area contributed by atoms with E-state index in [2.05, 4.69) is 37.0 Å². The third kappa shape index (κ3) is 2.73. The van der Waals surface area contributed by atoms with E-state index < -0.39 is 0 Å². The van der Waals surface area contributed by atoms with Crippen LogP contribution in [0.2, 0.25) is 0 Å². The summed E-state index contributed by atoms with van der Waals surface area (Å²) in [7, 11) is 0. The van der Waals surface area contributed by atoms with Crippen LogP contribution < -0.4 is 5.73 Å². The average Bonchev–Trinajstić information content (AvgIpc) is 2.84. The van der Waals surface area contributed by atoms with Crippen LogP contribution in [0.15, 0.2) is 55.9 Å². The molecule has 0 saturated heterocycles. The van der Waals surface area contributed by atoms with Crippen molar-refractivity contribution in [3.63, 3.8) is 0 Å². The average molecular weight is 412 g/mol. The largest absolute Gasteiger partial charge is 0.380 e. The van der Waals surface area contributed by atoms with Gasteiger partial charge in [-0.1, -0.05) is 49.1 Å². The summed E-state index contributed by atoms with van der Waals surface area (Å²) in [6.45, 7) is 0. The van der Waals surface area contributed by atoms with Crippen molar-refractivity contribution in [3.05, 3.63) is 57.2 Å². The summed E-state index contributed by atoms with van der Waals surface area (Å²) in [4.78, 5) is 0. The maximum atomic E-state index is 13.1. The lowest BCUT2D eigenvalue weighted by atomic mass is 10.0. The summed E-state index contributed by atoms with van der Waals surface area (Å²) in [5.74, 6) is 0.495. The summed E-state index contributed by atoms with van der Waals surface area (Å²) in [6, 6.07) is 11.7. The van der Waals surface area contributed by atoms with Gasteiger partial charge < -0.3 is 10.3 Å². The Labute approximate surface area is 137 Å². The quantitative estimate of drug-likeness (QED) is 0.626. The van der Waals surface area contributed by atoms with E-state index in [-0.39, 0.29) is 11.6 Å². The zero-order valence-corrected chi connectivity index (χ0v) is 13.8. The van der Waals surface area contributed by atoms with E-state index in [1.165, 1.54) is 12.1 Å². The number of aromatic nitrogens is 1. The lowest BCUT2D eigenvalue weighted by Crippen LogP contribution is -1.89. The van der Waals surface area contributed by atoms with Gasteiger partial charge in [0, 0.05) is 14.5 Å². The number of benzene rings is 2. The molecule has 0 radical (unpaired) electrons. The second-order valence-corrected chi connectivity index (χ2v) is 6.17. The molecule has 0 fully saturated rings. The van der Waals surface area contributed by atoms with Gasteiger partial charge in [-0.15, -0.1) is 0 Å². The highest BCUT2D eigenvalue weighted by Crippen LogP contribution is 2.40. The normalized spacial score (nSPS) is 10.8. The van der Waals surface area contributed by atoms with E-state index in [1.54, 1.807) is 12.1 Å². The van der Waals surface area contributed by atoms with E-state index in [0.29, 0.717) is 11.3 Å². The molecule has 0 spiro atoms. The Balaban J connectivity index is 2.21. The predicted octanol–water partition coefficient (Wildman–Crippen LogP) is 5.25. The van der Waals surface area contributed by atoms with Crippen LogP contribution in [0.4, 0.5) is 10.2 Å². The van der Waals surface area contributed by atoms with E-state index in [0.717, 1.165) is 20.1 Å². The van der Waals surface area contributed by atoms with Crippen molar-refractivity contribution in [1.29, 1.82) is 0 Å². The highest BCUT2D eigenvalue weighted by molar-refractivity contribution is 9.11. The monoisotopic (exact) mass is 410 g/mol. The van der Waals surface area contributed by atoms with Crippen molar-refractivity contribution < 1.29 is 8.91 Å². The number of rotatable bonds is 2. The van der Waals surface area contributed by atoms with Gasteiger partial charge in [-0.3, -0.25) is 0 Å². The summed E-state index contributed by atoms with van der Waals surface area (Å²) in [6.07, 6.45) is 0. The van der Waals surface area contributed by atoms with Crippen LogP contribution in [-0.2, 0) is 0 Å². The smallest absolute Gasteiger partial charge is 0.178 e. The van der Waals surface area contributed by atoms with Crippen LogP contribution in [0.5, 0.6) is 0 Å². The molecule has 1 heterocycles. The molecular weight excluding hydrogens is 403 g/mol. The molecule has 0 aliphatic heterocycles. The van der Waals surface area contributed by atoms with Crippen LogP contribution in [0.1, 0.15) is 0 Å². The van der Waals surface area contributed by atoms with Gasteiger partial charge in [0.2, 0.25) is 0 Å². The van der Waals surface area contributed by atoms with Gasteiger partial charge >= 0.3 is 0 Å². The fourth-order valence-corrected chi connectivity index (χ4v) is 2.84. The Kier molecular flexibility index (Phi) is 3.82. The van der Waals surface area contributed by atoms with Gasteiger partial charge in [-0.05, 0) is 35.9 Å². The molecule has 106 valence electrons. The standard InChI is InChI=1S/C15H9Br2FN2O/c16-9-3-6-12(17)11(7-9)14-13(15(19)20-21-14)8-1-4-10(18)5-2-8/h1-7H,(H2,19,20). The fourth-order valence-electron chi connectivity index (χ4n) is 2.05. The van der Waals surface area contributed by atoms with E-state index >= 15 is 0 Å². The fraction of sp³-hybridized carbons (Fsp3) is 0. The zero-order chi connectivity index (χ0) is 15.0. The number of nitrogen functional groups attached to an aromatic ring is 1. The van der Waals surface area contributed by atoms with Crippen molar-refractivity contribution in [3.8, 4) is 22.5 Å². The predicted molar refractivity (Wildman–Crippen MR) is 87.1 cm³/mol. The zero-order valence-electron chi connectivity index (χ0n) is 10.6. The molecule has 6 heteroatoms. The van der Waals surface area contributed by atoms with Crippen LogP contribution in [0.3, 0.4) is 0 Å². The molecule has 3 rings (SSSR count). The van der Waals surface area contributed by atoms with Gasteiger partial charge in [0.15, 0.2) is 11.6 Å². The molecule has 0 aliphatic carbocycles. The number of hydrogen-bond acceptors (Lipinski definition) is 3. The van der Waals surface area contributed by atoms with Crippen molar-refractivity contribution >= 4 is 37.7 Å².